The molecule has 0 amide bonds. The Morgan fingerprint density at radius 3 is 1.46 bits per heavy atom. The molecule has 0 atom stereocenters. The number of benzene rings is 8. The summed E-state index contributed by atoms with van der Waals surface area (Å²) >= 11 is 0. The molecule has 0 bridgehead atoms. The van der Waals surface area contributed by atoms with Crippen molar-refractivity contribution in [1.29, 1.82) is 5.26 Å². The van der Waals surface area contributed by atoms with Crippen molar-refractivity contribution in [3.05, 3.63) is 169 Å². The van der Waals surface area contributed by atoms with E-state index in [2.05, 4.69) is 143 Å². The van der Waals surface area contributed by atoms with Gasteiger partial charge in [0.25, 0.3) is 0 Å². The summed E-state index contributed by atoms with van der Waals surface area (Å²) in [4.78, 5) is 0. The van der Waals surface area contributed by atoms with Crippen LogP contribution in [-0.2, 0) is 0 Å². The van der Waals surface area contributed by atoms with Crippen molar-refractivity contribution in [2.45, 2.75) is 0 Å². The van der Waals surface area contributed by atoms with Gasteiger partial charge in [-0.2, -0.15) is 5.26 Å². The number of nitrogens with zero attached hydrogens (tertiary/aromatic N) is 3. The maximum Gasteiger partial charge on any atom is 0.137 e. The van der Waals surface area contributed by atoms with Gasteiger partial charge < -0.3 is 18.0 Å². The molecular weight excluding hydrogens is 663 g/mol. The van der Waals surface area contributed by atoms with Crippen molar-refractivity contribution in [2.75, 3.05) is 0 Å². The largest absolute Gasteiger partial charge is 0.456 e. The molecule has 0 radical (unpaired) electrons. The van der Waals surface area contributed by atoms with E-state index in [1.807, 2.05) is 36.4 Å². The molecule has 0 unspecified atom stereocenters. The Hall–Kier alpha value is -7.55. The molecule has 0 fully saturated rings. The molecule has 54 heavy (non-hydrogen) atoms. The molecule has 0 aliphatic rings. The van der Waals surface area contributed by atoms with E-state index in [9.17, 15) is 5.26 Å². The third-order valence-electron chi connectivity index (χ3n) is 11.2. The van der Waals surface area contributed by atoms with Crippen LogP contribution in [0, 0.1) is 11.3 Å². The number of hydrogen-bond donors (Lipinski definition) is 0. The summed E-state index contributed by atoms with van der Waals surface area (Å²) < 4.78 is 17.3. The average Bonchev–Trinajstić information content (AvgIpc) is 3.96. The van der Waals surface area contributed by atoms with Crippen LogP contribution in [-0.4, -0.2) is 9.13 Å². The van der Waals surface area contributed by atoms with Gasteiger partial charge in [0.2, 0.25) is 0 Å². The molecule has 5 nitrogen and oxygen atoms in total. The molecule has 250 valence electrons. The third kappa shape index (κ3) is 3.91. The van der Waals surface area contributed by atoms with Crippen LogP contribution in [0.4, 0.5) is 0 Å². The van der Waals surface area contributed by atoms with Crippen LogP contribution >= 0.6 is 0 Å². The van der Waals surface area contributed by atoms with Gasteiger partial charge in [0.1, 0.15) is 28.4 Å². The summed E-state index contributed by atoms with van der Waals surface area (Å²) in [5.74, 6) is 0. The number of para-hydroxylation sites is 5. The number of rotatable bonds is 3. The fraction of sp³-hybridized carbons (Fsp3) is 0. The molecule has 5 heteroatoms. The second kappa shape index (κ2) is 10.7. The Bertz CT molecular complexity index is 3590. The summed E-state index contributed by atoms with van der Waals surface area (Å²) in [6.07, 6.45) is 0. The third-order valence-corrected chi connectivity index (χ3v) is 11.2. The quantitative estimate of drug-likeness (QED) is 0.185. The van der Waals surface area contributed by atoms with Crippen molar-refractivity contribution < 1.29 is 8.83 Å². The molecule has 12 aromatic rings. The molecule has 4 heterocycles. The molecule has 0 aliphatic carbocycles. The minimum absolute atomic E-state index is 0.584. The molecule has 0 spiro atoms. The highest BCUT2D eigenvalue weighted by Crippen LogP contribution is 2.42. The highest BCUT2D eigenvalue weighted by molar-refractivity contribution is 6.19. The van der Waals surface area contributed by atoms with Crippen LogP contribution in [0.1, 0.15) is 5.56 Å². The van der Waals surface area contributed by atoms with Gasteiger partial charge >= 0.3 is 0 Å². The van der Waals surface area contributed by atoms with Crippen molar-refractivity contribution >= 4 is 87.5 Å². The van der Waals surface area contributed by atoms with Crippen molar-refractivity contribution in [3.63, 3.8) is 0 Å². The van der Waals surface area contributed by atoms with Gasteiger partial charge in [-0.05, 0) is 60.2 Å². The number of aromatic nitrogens is 2. The molecule has 12 rings (SSSR count). The zero-order valence-corrected chi connectivity index (χ0v) is 28.7. The summed E-state index contributed by atoms with van der Waals surface area (Å²) in [5.41, 5.74) is 12.0. The highest BCUT2D eigenvalue weighted by Gasteiger charge is 2.21. The van der Waals surface area contributed by atoms with E-state index in [1.54, 1.807) is 0 Å². The van der Waals surface area contributed by atoms with E-state index < -0.39 is 0 Å². The van der Waals surface area contributed by atoms with E-state index in [0.29, 0.717) is 5.56 Å². The molecule has 0 N–H and O–H groups in total. The fourth-order valence-corrected chi connectivity index (χ4v) is 8.79. The van der Waals surface area contributed by atoms with Gasteiger partial charge in [0, 0.05) is 60.8 Å². The number of hydrogen-bond acceptors (Lipinski definition) is 3. The van der Waals surface area contributed by atoms with Gasteiger partial charge in [0.05, 0.1) is 39.0 Å². The normalized spacial score (nSPS) is 12.1. The summed E-state index contributed by atoms with van der Waals surface area (Å²) in [6.45, 7) is 0. The van der Waals surface area contributed by atoms with E-state index >= 15 is 0 Å². The summed E-state index contributed by atoms with van der Waals surface area (Å²) in [5, 5.41) is 19.8. The molecule has 8 aromatic carbocycles. The first-order chi connectivity index (χ1) is 26.7. The predicted molar refractivity (Wildman–Crippen MR) is 220 cm³/mol. The summed E-state index contributed by atoms with van der Waals surface area (Å²) in [7, 11) is 0. The van der Waals surface area contributed by atoms with Crippen LogP contribution in [0.15, 0.2) is 173 Å². The Morgan fingerprint density at radius 2 is 0.870 bits per heavy atom. The van der Waals surface area contributed by atoms with Crippen molar-refractivity contribution in [1.82, 2.24) is 9.13 Å². The van der Waals surface area contributed by atoms with Crippen molar-refractivity contribution in [3.8, 4) is 28.6 Å². The maximum absolute atomic E-state index is 10.8. The predicted octanol–water partition coefficient (Wildman–Crippen LogP) is 13.2. The van der Waals surface area contributed by atoms with Crippen molar-refractivity contribution in [2.24, 2.45) is 0 Å². The number of fused-ring (bicyclic) bond motifs is 12. The lowest BCUT2D eigenvalue weighted by atomic mass is 10.00. The van der Waals surface area contributed by atoms with Crippen LogP contribution in [0.25, 0.3) is 110 Å². The van der Waals surface area contributed by atoms with Gasteiger partial charge in [-0.3, -0.25) is 0 Å². The van der Waals surface area contributed by atoms with Gasteiger partial charge in [-0.1, -0.05) is 97.1 Å². The first kappa shape index (κ1) is 29.1. The average molecular weight is 690 g/mol. The SMILES string of the molecule is N#Cc1cc(-c2ccccc2-n2c3ccccc3c3cc4c(cc32)oc2ccccc24)ccc1-n1c2ccccc2c2cc3c(cc21)oc1ccccc13. The Morgan fingerprint density at radius 1 is 0.370 bits per heavy atom. The Balaban J connectivity index is 1.08. The highest BCUT2D eigenvalue weighted by atomic mass is 16.3. The Labute approximate surface area is 307 Å². The van der Waals surface area contributed by atoms with Crippen LogP contribution in [0.5, 0.6) is 0 Å². The van der Waals surface area contributed by atoms with E-state index in [1.165, 1.54) is 5.39 Å². The van der Waals surface area contributed by atoms with E-state index in [0.717, 1.165) is 105 Å². The second-order valence-corrected chi connectivity index (χ2v) is 14.0. The zero-order valence-electron chi connectivity index (χ0n) is 28.7. The Kier molecular flexibility index (Phi) is 5.78. The molecule has 0 aliphatic heterocycles. The number of furan rings is 2. The number of nitriles is 1. The lowest BCUT2D eigenvalue weighted by molar-refractivity contribution is 0.669. The van der Waals surface area contributed by atoms with Gasteiger partial charge in [-0.15, -0.1) is 0 Å². The van der Waals surface area contributed by atoms with Gasteiger partial charge in [-0.25, -0.2) is 0 Å². The lowest BCUT2D eigenvalue weighted by Gasteiger charge is -2.16. The molecule has 4 aromatic heterocycles. The minimum Gasteiger partial charge on any atom is -0.456 e. The van der Waals surface area contributed by atoms with E-state index in [4.69, 9.17) is 8.83 Å². The molecule has 0 saturated carbocycles. The lowest BCUT2D eigenvalue weighted by Crippen LogP contribution is -2.00. The first-order valence-corrected chi connectivity index (χ1v) is 18.1. The molecular formula is C49H27N3O2. The zero-order chi connectivity index (χ0) is 35.5. The smallest absolute Gasteiger partial charge is 0.137 e. The van der Waals surface area contributed by atoms with Crippen LogP contribution < -0.4 is 0 Å². The fourth-order valence-electron chi connectivity index (χ4n) is 8.79. The van der Waals surface area contributed by atoms with Crippen LogP contribution in [0.2, 0.25) is 0 Å². The second-order valence-electron chi connectivity index (χ2n) is 14.0. The first-order valence-electron chi connectivity index (χ1n) is 18.1. The van der Waals surface area contributed by atoms with Crippen LogP contribution in [0.3, 0.4) is 0 Å². The van der Waals surface area contributed by atoms with Gasteiger partial charge in [0.15, 0.2) is 0 Å². The van der Waals surface area contributed by atoms with E-state index in [-0.39, 0.29) is 0 Å². The monoisotopic (exact) mass is 689 g/mol. The standard InChI is InChI=1S/C49H27N3O2/c50-28-30-23-29(21-22-40(30)51-42-17-7-2-12-32(42)36-24-38-34-14-4-9-19-46(34)53-48(38)26-44(36)51)31-11-1-6-16-41(31)52-43-18-8-3-13-33(43)37-25-39-35-15-5-10-20-47(35)54-49(39)27-45(37)52/h1-27H. The maximum atomic E-state index is 10.8. The molecule has 0 saturated heterocycles. The minimum atomic E-state index is 0.584. The summed E-state index contributed by atoms with van der Waals surface area (Å²) in [6, 6.07) is 59.4. The topological polar surface area (TPSA) is 59.9 Å².